The lowest BCUT2D eigenvalue weighted by Gasteiger charge is -2.41. The number of carbonyl (C=O) groups excluding carboxylic acids is 1. The molecule has 2 aliphatic heterocycles. The topological polar surface area (TPSA) is 91.7 Å². The van der Waals surface area contributed by atoms with Gasteiger partial charge >= 0.3 is 6.09 Å². The molecule has 2 fully saturated rings. The molecule has 174 valence electrons. The van der Waals surface area contributed by atoms with Gasteiger partial charge in [-0.1, -0.05) is 11.6 Å². The van der Waals surface area contributed by atoms with E-state index in [4.69, 9.17) is 25.8 Å². The van der Waals surface area contributed by atoms with E-state index in [1.807, 2.05) is 4.90 Å². The van der Waals surface area contributed by atoms with E-state index in [2.05, 4.69) is 0 Å². The number of halogens is 2. The number of nitrogens with zero attached hydrogens (tertiary/aromatic N) is 2. The van der Waals surface area contributed by atoms with Gasteiger partial charge in [0.15, 0.2) is 0 Å². The number of amides is 1. The molecule has 1 aromatic carbocycles. The second-order valence-corrected chi connectivity index (χ2v) is 8.67. The van der Waals surface area contributed by atoms with Crippen LogP contribution in [0.3, 0.4) is 0 Å². The van der Waals surface area contributed by atoms with Crippen LogP contribution in [0.2, 0.25) is 5.02 Å². The normalized spacial score (nSPS) is 24.5. The molecule has 0 saturated carbocycles. The van der Waals surface area contributed by atoms with Crippen molar-refractivity contribution in [2.24, 2.45) is 0 Å². The Bertz CT molecular complexity index is 761. The first-order valence-electron chi connectivity index (χ1n) is 10.5. The zero-order chi connectivity index (χ0) is 22.5. The Hall–Kier alpha value is -1.65. The van der Waals surface area contributed by atoms with E-state index in [0.717, 1.165) is 0 Å². The van der Waals surface area contributed by atoms with Gasteiger partial charge in [0.05, 0.1) is 30.4 Å². The third kappa shape index (κ3) is 6.66. The average molecular weight is 461 g/mol. The van der Waals surface area contributed by atoms with Crippen molar-refractivity contribution in [3.63, 3.8) is 0 Å². The molecule has 0 aromatic heterocycles. The Labute approximate surface area is 186 Å². The molecule has 1 amide bonds. The molecular formula is C21H30ClFN2O6. The second-order valence-electron chi connectivity index (χ2n) is 8.26. The molecule has 0 aliphatic carbocycles. The number of hydrogen-bond acceptors (Lipinski definition) is 7. The van der Waals surface area contributed by atoms with Gasteiger partial charge in [-0.2, -0.15) is 0 Å². The average Bonchev–Trinajstić information content (AvgIpc) is 2.90. The third-order valence-corrected chi connectivity index (χ3v) is 5.87. The van der Waals surface area contributed by atoms with Gasteiger partial charge < -0.3 is 29.3 Å². The first-order valence-corrected chi connectivity index (χ1v) is 10.8. The smallest absolute Gasteiger partial charge is 0.409 e. The molecular weight excluding hydrogens is 431 g/mol. The molecule has 0 bridgehead atoms. The zero-order valence-electron chi connectivity index (χ0n) is 17.7. The van der Waals surface area contributed by atoms with E-state index in [-0.39, 0.29) is 30.9 Å². The summed E-state index contributed by atoms with van der Waals surface area (Å²) in [6.07, 6.45) is 0.485. The molecule has 0 radical (unpaired) electrons. The Balaban J connectivity index is 1.55. The number of aliphatic hydroxyl groups is 2. The number of hydrogen-bond donors (Lipinski definition) is 2. The maximum absolute atomic E-state index is 13.3. The minimum atomic E-state index is -1.31. The molecule has 2 aliphatic rings. The van der Waals surface area contributed by atoms with Gasteiger partial charge in [0, 0.05) is 38.8 Å². The number of ether oxygens (including phenoxy) is 3. The molecule has 1 aromatic rings. The van der Waals surface area contributed by atoms with Crippen molar-refractivity contribution in [1.82, 2.24) is 9.80 Å². The molecule has 3 rings (SSSR count). The van der Waals surface area contributed by atoms with E-state index in [9.17, 15) is 19.4 Å². The highest BCUT2D eigenvalue weighted by Crippen LogP contribution is 2.26. The zero-order valence-corrected chi connectivity index (χ0v) is 18.4. The number of carbonyl (C=O) groups is 1. The van der Waals surface area contributed by atoms with Crippen LogP contribution >= 0.6 is 11.6 Å². The summed E-state index contributed by atoms with van der Waals surface area (Å²) in [5, 5.41) is 22.0. The molecule has 31 heavy (non-hydrogen) atoms. The van der Waals surface area contributed by atoms with Gasteiger partial charge in [0.25, 0.3) is 0 Å². The van der Waals surface area contributed by atoms with Gasteiger partial charge in [-0.3, -0.25) is 4.90 Å². The highest BCUT2D eigenvalue weighted by atomic mass is 35.5. The quantitative estimate of drug-likeness (QED) is 0.670. The lowest BCUT2D eigenvalue weighted by molar-refractivity contribution is -0.0790. The van der Waals surface area contributed by atoms with Crippen molar-refractivity contribution >= 4 is 17.7 Å². The fourth-order valence-corrected chi connectivity index (χ4v) is 4.07. The molecule has 8 nitrogen and oxygen atoms in total. The van der Waals surface area contributed by atoms with Crippen molar-refractivity contribution in [1.29, 1.82) is 0 Å². The second kappa shape index (κ2) is 10.3. The van der Waals surface area contributed by atoms with Crippen LogP contribution in [0.4, 0.5) is 9.18 Å². The predicted octanol–water partition coefficient (Wildman–Crippen LogP) is 1.90. The van der Waals surface area contributed by atoms with Crippen molar-refractivity contribution in [2.45, 2.75) is 31.0 Å². The highest BCUT2D eigenvalue weighted by Gasteiger charge is 2.39. The fourth-order valence-electron chi connectivity index (χ4n) is 3.90. The lowest BCUT2D eigenvalue weighted by Crippen LogP contribution is -2.55. The maximum atomic E-state index is 13.3. The van der Waals surface area contributed by atoms with Crippen molar-refractivity contribution in [2.75, 3.05) is 59.2 Å². The van der Waals surface area contributed by atoms with Gasteiger partial charge in [-0.05, 0) is 31.9 Å². The Kier molecular flexibility index (Phi) is 7.98. The predicted molar refractivity (Wildman–Crippen MR) is 112 cm³/mol. The molecule has 2 heterocycles. The lowest BCUT2D eigenvalue weighted by atomic mass is 9.90. The van der Waals surface area contributed by atoms with Crippen LogP contribution < -0.4 is 4.74 Å². The van der Waals surface area contributed by atoms with Gasteiger partial charge in [-0.15, -0.1) is 0 Å². The summed E-state index contributed by atoms with van der Waals surface area (Å²) in [5.41, 5.74) is -2.28. The van der Waals surface area contributed by atoms with Gasteiger partial charge in [0.1, 0.15) is 23.8 Å². The van der Waals surface area contributed by atoms with E-state index in [0.29, 0.717) is 58.0 Å². The largest absolute Gasteiger partial charge is 0.490 e. The van der Waals surface area contributed by atoms with Gasteiger partial charge in [0.2, 0.25) is 0 Å². The first kappa shape index (κ1) is 24.0. The molecule has 2 N–H and O–H groups in total. The molecule has 0 unspecified atom stereocenters. The Morgan fingerprint density at radius 1 is 1.26 bits per heavy atom. The fraction of sp³-hybridized carbons (Fsp3) is 0.667. The first-order chi connectivity index (χ1) is 14.7. The summed E-state index contributed by atoms with van der Waals surface area (Å²) in [4.78, 5) is 15.4. The Morgan fingerprint density at radius 3 is 2.68 bits per heavy atom. The maximum Gasteiger partial charge on any atom is 0.409 e. The van der Waals surface area contributed by atoms with Gasteiger partial charge in [-0.25, -0.2) is 9.18 Å². The third-order valence-electron chi connectivity index (χ3n) is 5.58. The van der Waals surface area contributed by atoms with E-state index < -0.39 is 17.0 Å². The van der Waals surface area contributed by atoms with Crippen LogP contribution in [-0.2, 0) is 9.47 Å². The van der Waals surface area contributed by atoms with Crippen molar-refractivity contribution in [3.05, 3.63) is 29.0 Å². The summed E-state index contributed by atoms with van der Waals surface area (Å²) < 4.78 is 29.5. The van der Waals surface area contributed by atoms with Crippen LogP contribution in [0.15, 0.2) is 18.2 Å². The van der Waals surface area contributed by atoms with Crippen LogP contribution in [0.25, 0.3) is 0 Å². The summed E-state index contributed by atoms with van der Waals surface area (Å²) >= 11 is 5.78. The summed E-state index contributed by atoms with van der Waals surface area (Å²) in [6.45, 7) is 4.46. The number of rotatable bonds is 6. The minimum Gasteiger partial charge on any atom is -0.490 e. The highest BCUT2D eigenvalue weighted by molar-refractivity contribution is 6.30. The molecule has 2 saturated heterocycles. The standard InChI is InChI=1S/C21H30ClFN2O6/c1-2-30-19(26)25-7-5-20(27,6-8-25)12-24-9-10-29-14-21(28,13-24)15-31-16-3-4-18(23)17(22)11-16/h3-4,11,27-28H,2,5-10,12-15H2,1H3/t21-/m0/s1. The monoisotopic (exact) mass is 460 g/mol. The van der Waals surface area contributed by atoms with E-state index in [1.165, 1.54) is 18.2 Å². The van der Waals surface area contributed by atoms with Crippen molar-refractivity contribution < 1.29 is 33.6 Å². The van der Waals surface area contributed by atoms with E-state index >= 15 is 0 Å². The number of β-amino-alcohol motifs (C(OH)–C–C–N with tert-alkyl or cyclic N) is 2. The summed E-state index contributed by atoms with van der Waals surface area (Å²) in [7, 11) is 0. The van der Waals surface area contributed by atoms with Crippen molar-refractivity contribution in [3.8, 4) is 5.75 Å². The summed E-state index contributed by atoms with van der Waals surface area (Å²) in [5.74, 6) is -0.195. The molecule has 1 atom stereocenters. The number of piperidine rings is 1. The Morgan fingerprint density at radius 2 is 2.00 bits per heavy atom. The molecule has 10 heteroatoms. The summed E-state index contributed by atoms with van der Waals surface area (Å²) in [6, 6.07) is 4.01. The van der Waals surface area contributed by atoms with Crippen LogP contribution in [0.5, 0.6) is 5.75 Å². The van der Waals surface area contributed by atoms with Crippen LogP contribution in [-0.4, -0.2) is 96.5 Å². The van der Waals surface area contributed by atoms with Crippen LogP contribution in [0, 0.1) is 5.82 Å². The van der Waals surface area contributed by atoms with E-state index in [1.54, 1.807) is 11.8 Å². The number of benzene rings is 1. The molecule has 0 spiro atoms. The minimum absolute atomic E-state index is 0.0559. The number of likely N-dealkylation sites (tertiary alicyclic amines) is 1. The van der Waals surface area contributed by atoms with Crippen LogP contribution in [0.1, 0.15) is 19.8 Å². The SMILES string of the molecule is CCOC(=O)N1CCC(O)(CN2CCOC[C@](O)(COc3ccc(F)c(Cl)c3)C2)CC1.